The highest BCUT2D eigenvalue weighted by molar-refractivity contribution is 6.38. The zero-order valence-corrected chi connectivity index (χ0v) is 28.7. The van der Waals surface area contributed by atoms with Gasteiger partial charge >= 0.3 is 6.03 Å². The van der Waals surface area contributed by atoms with Crippen LogP contribution in [0.5, 0.6) is 0 Å². The molecule has 266 valence electrons. The number of amides is 5. The van der Waals surface area contributed by atoms with Gasteiger partial charge in [0.25, 0.3) is 5.91 Å². The van der Waals surface area contributed by atoms with Crippen molar-refractivity contribution in [3.63, 3.8) is 0 Å². The Kier molecular flexibility index (Phi) is 12.0. The Bertz CT molecular complexity index is 1240. The number of Topliss-reactive ketones (excluding diaryl/α,β-unsaturated/α-hetero) is 2. The van der Waals surface area contributed by atoms with Crippen LogP contribution in [-0.4, -0.2) is 90.7 Å². The van der Waals surface area contributed by atoms with Crippen molar-refractivity contribution in [2.24, 2.45) is 29.1 Å². The normalized spacial score (nSPS) is 30.5. The van der Waals surface area contributed by atoms with Crippen molar-refractivity contribution in [1.29, 1.82) is 0 Å². The molecule has 48 heavy (non-hydrogen) atoms. The zero-order valence-electron chi connectivity index (χ0n) is 28.7. The van der Waals surface area contributed by atoms with Gasteiger partial charge in [-0.1, -0.05) is 64.9 Å². The highest BCUT2D eigenvalue weighted by Gasteiger charge is 2.69. The van der Waals surface area contributed by atoms with Crippen molar-refractivity contribution < 1.29 is 33.5 Å². The number of nitrogens with one attached hydrogen (secondary N) is 4. The molecule has 2 heterocycles. The number of rotatable bonds is 9. The van der Waals surface area contributed by atoms with Crippen molar-refractivity contribution in [3.8, 4) is 0 Å². The summed E-state index contributed by atoms with van der Waals surface area (Å²) in [5.41, 5.74) is -0.187. The molecule has 4 N–H and O–H groups in total. The Morgan fingerprint density at radius 1 is 0.979 bits per heavy atom. The molecule has 0 spiro atoms. The number of piperidine rings is 1. The van der Waals surface area contributed by atoms with Gasteiger partial charge in [-0.15, -0.1) is 6.58 Å². The molecule has 5 fully saturated rings. The van der Waals surface area contributed by atoms with Gasteiger partial charge in [0.2, 0.25) is 17.6 Å². The SMILES string of the molecule is C=CCNC(=O)C(=O)[C@H]1CCCCCCCOC[C@@H](NC(=O)N[C@H](C(=O)C2CC2)C2CCCCC2)C(=O)N2C[C@H]3[C@@H]([C@H]2C(=O)N1)C3(C)C. The van der Waals surface area contributed by atoms with Crippen LogP contribution in [0.3, 0.4) is 0 Å². The number of hydrogen-bond acceptors (Lipinski definition) is 7. The lowest BCUT2D eigenvalue weighted by Gasteiger charge is -2.34. The van der Waals surface area contributed by atoms with Crippen molar-refractivity contribution in [3.05, 3.63) is 12.7 Å². The van der Waals surface area contributed by atoms with Crippen LogP contribution in [0.1, 0.15) is 97.3 Å². The van der Waals surface area contributed by atoms with Crippen molar-refractivity contribution >= 4 is 35.3 Å². The van der Waals surface area contributed by atoms with Crippen LogP contribution in [-0.2, 0) is 28.7 Å². The zero-order chi connectivity index (χ0) is 34.4. The molecule has 6 atom stereocenters. The van der Waals surface area contributed by atoms with Gasteiger partial charge in [-0.3, -0.25) is 24.0 Å². The molecule has 3 saturated carbocycles. The molecule has 0 aromatic rings. The fourth-order valence-corrected chi connectivity index (χ4v) is 8.26. The highest BCUT2D eigenvalue weighted by atomic mass is 16.5. The highest BCUT2D eigenvalue weighted by Crippen LogP contribution is 2.65. The van der Waals surface area contributed by atoms with Gasteiger partial charge in [-0.2, -0.15) is 0 Å². The fraction of sp³-hybridized carbons (Fsp3) is 0.778. The molecule has 5 amide bonds. The Balaban J connectivity index is 1.34. The second kappa shape index (κ2) is 16.0. The molecule has 0 radical (unpaired) electrons. The standard InChI is InChI=1S/C36H55N5O7/c1-4-18-37-33(45)31(43)25-15-11-6-5-7-12-19-48-21-26(34(46)41-20-24-27(36(24,2)3)29(41)32(44)38-25)39-35(47)40-28(30(42)23-16-17-23)22-13-9-8-10-14-22/h4,22-29H,1,5-21H2,2-3H3,(H,37,45)(H,38,44)(H2,39,40,47)/t24-,25+,26+,27-,28-,29-/m0/s1. The predicted octanol–water partition coefficient (Wildman–Crippen LogP) is 2.79. The summed E-state index contributed by atoms with van der Waals surface area (Å²) in [5.74, 6) is -2.30. The first-order chi connectivity index (χ1) is 23.0. The van der Waals surface area contributed by atoms with E-state index in [4.69, 9.17) is 4.74 Å². The molecule has 12 heteroatoms. The van der Waals surface area contributed by atoms with E-state index in [1.54, 1.807) is 0 Å². The topological polar surface area (TPSA) is 163 Å². The number of hydrogen-bond donors (Lipinski definition) is 4. The van der Waals surface area contributed by atoms with E-state index in [1.807, 2.05) is 0 Å². The van der Waals surface area contributed by atoms with Gasteiger partial charge in [0.1, 0.15) is 12.1 Å². The van der Waals surface area contributed by atoms with Crippen LogP contribution in [0.25, 0.3) is 0 Å². The number of ether oxygens (including phenoxy) is 1. The van der Waals surface area contributed by atoms with E-state index in [0.29, 0.717) is 26.0 Å². The molecular weight excluding hydrogens is 614 g/mol. The maximum absolute atomic E-state index is 14.3. The summed E-state index contributed by atoms with van der Waals surface area (Å²) < 4.78 is 5.94. The predicted molar refractivity (Wildman–Crippen MR) is 178 cm³/mol. The summed E-state index contributed by atoms with van der Waals surface area (Å²) in [7, 11) is 0. The smallest absolute Gasteiger partial charge is 0.316 e. The Morgan fingerprint density at radius 3 is 2.35 bits per heavy atom. The third kappa shape index (κ3) is 8.47. The second-order valence-corrected chi connectivity index (χ2v) is 15.2. The first-order valence-electron chi connectivity index (χ1n) is 18.3. The van der Waals surface area contributed by atoms with E-state index in [9.17, 15) is 28.8 Å². The minimum absolute atomic E-state index is 0.00690. The quantitative estimate of drug-likeness (QED) is 0.217. The number of carbonyl (C=O) groups is 6. The van der Waals surface area contributed by atoms with Crippen LogP contribution in [0.2, 0.25) is 0 Å². The number of ketones is 2. The van der Waals surface area contributed by atoms with Gasteiger partial charge in [-0.25, -0.2) is 4.79 Å². The van der Waals surface area contributed by atoms with E-state index >= 15 is 0 Å². The maximum Gasteiger partial charge on any atom is 0.316 e. The molecule has 0 aromatic carbocycles. The first kappa shape index (κ1) is 36.0. The minimum atomic E-state index is -1.07. The van der Waals surface area contributed by atoms with E-state index < -0.39 is 53.7 Å². The molecule has 2 aliphatic heterocycles. The Labute approximate surface area is 284 Å². The van der Waals surface area contributed by atoms with E-state index in [2.05, 4.69) is 41.7 Å². The Morgan fingerprint density at radius 2 is 1.65 bits per heavy atom. The number of carbonyl (C=O) groups excluding carboxylic acids is 6. The third-order valence-electron chi connectivity index (χ3n) is 11.4. The maximum atomic E-state index is 14.3. The molecule has 0 bridgehead atoms. The van der Waals surface area contributed by atoms with Crippen LogP contribution < -0.4 is 21.3 Å². The third-order valence-corrected chi connectivity index (χ3v) is 11.4. The van der Waals surface area contributed by atoms with Gasteiger partial charge in [0, 0.05) is 25.6 Å². The van der Waals surface area contributed by atoms with E-state index in [1.165, 1.54) is 11.0 Å². The van der Waals surface area contributed by atoms with Crippen molar-refractivity contribution in [2.75, 3.05) is 26.3 Å². The Hall–Kier alpha value is -3.28. The second-order valence-electron chi connectivity index (χ2n) is 15.2. The summed E-state index contributed by atoms with van der Waals surface area (Å²) in [4.78, 5) is 82.5. The number of fused-ring (bicyclic) bond motifs is 3. The minimum Gasteiger partial charge on any atom is -0.379 e. The molecule has 12 nitrogen and oxygen atoms in total. The molecular formula is C36H55N5O7. The lowest BCUT2D eigenvalue weighted by Crippen LogP contribution is -2.60. The van der Waals surface area contributed by atoms with Gasteiger partial charge in [0.15, 0.2) is 5.78 Å². The lowest BCUT2D eigenvalue weighted by molar-refractivity contribution is -0.144. The number of nitrogens with zero attached hydrogens (tertiary/aromatic N) is 1. The summed E-state index contributed by atoms with van der Waals surface area (Å²) in [5, 5.41) is 11.2. The molecule has 5 aliphatic rings. The van der Waals surface area contributed by atoms with Crippen LogP contribution in [0, 0.1) is 29.1 Å². The molecule has 0 aromatic heterocycles. The molecule has 0 unspecified atom stereocenters. The average Bonchev–Trinajstić information content (AvgIpc) is 3.96. The van der Waals surface area contributed by atoms with Gasteiger partial charge in [0.05, 0.1) is 18.7 Å². The number of urea groups is 1. The summed E-state index contributed by atoms with van der Waals surface area (Å²) in [6.45, 7) is 8.51. The summed E-state index contributed by atoms with van der Waals surface area (Å²) in [6.07, 6.45) is 12.5. The first-order valence-corrected chi connectivity index (χ1v) is 18.3. The summed E-state index contributed by atoms with van der Waals surface area (Å²) >= 11 is 0. The van der Waals surface area contributed by atoms with Gasteiger partial charge in [-0.05, 0) is 61.7 Å². The average molecular weight is 670 g/mol. The molecule has 2 saturated heterocycles. The van der Waals surface area contributed by atoms with Crippen LogP contribution in [0.15, 0.2) is 12.7 Å². The van der Waals surface area contributed by atoms with Crippen LogP contribution in [0.4, 0.5) is 4.79 Å². The van der Waals surface area contributed by atoms with Gasteiger partial charge < -0.3 is 30.9 Å². The lowest BCUT2D eigenvalue weighted by atomic mass is 9.81. The van der Waals surface area contributed by atoms with Crippen molar-refractivity contribution in [2.45, 2.75) is 121 Å². The largest absolute Gasteiger partial charge is 0.379 e. The monoisotopic (exact) mass is 669 g/mol. The van der Waals surface area contributed by atoms with Crippen LogP contribution >= 0.6 is 0 Å². The van der Waals surface area contributed by atoms with E-state index in [0.717, 1.165) is 70.6 Å². The van der Waals surface area contributed by atoms with Crippen molar-refractivity contribution in [1.82, 2.24) is 26.2 Å². The molecule has 5 rings (SSSR count). The summed E-state index contributed by atoms with van der Waals surface area (Å²) in [6, 6.07) is -4.12. The van der Waals surface area contributed by atoms with E-state index in [-0.39, 0.29) is 48.0 Å². The fourth-order valence-electron chi connectivity index (χ4n) is 8.26. The molecule has 3 aliphatic carbocycles.